The topological polar surface area (TPSA) is 74.0 Å². The quantitative estimate of drug-likeness (QED) is 0.254. The summed E-state index contributed by atoms with van der Waals surface area (Å²) in [5.41, 5.74) is 0. The smallest absolute Gasteiger partial charge is 0.373 e. The van der Waals surface area contributed by atoms with Crippen LogP contribution in [0.25, 0.3) is 0 Å². The van der Waals surface area contributed by atoms with E-state index in [0.29, 0.717) is 0 Å². The molecule has 0 aromatic carbocycles. The minimum absolute atomic E-state index is 0.198. The zero-order chi connectivity index (χ0) is 9.40. The Balaban J connectivity index is 3.87. The highest BCUT2D eigenvalue weighted by atomic mass is 127. The fourth-order valence-corrected chi connectivity index (χ4v) is 0.746. The van der Waals surface area contributed by atoms with E-state index in [1.807, 2.05) is 0 Å². The Bertz CT molecular complexity index is 203. The lowest BCUT2D eigenvalue weighted by Crippen LogP contribution is -2.17. The molecule has 0 unspecified atom stereocenters. The summed E-state index contributed by atoms with van der Waals surface area (Å²) < 4.78 is 0.940. The van der Waals surface area contributed by atoms with Gasteiger partial charge in [0, 0.05) is 18.0 Å². The molecule has 68 valence electrons. The molecule has 0 bridgehead atoms. The number of nitrogens with zero attached hydrogens (tertiary/aromatic N) is 2. The first-order valence-corrected chi connectivity index (χ1v) is 4.77. The SMILES string of the molecule is C/N=C(\N=C/NCCI)C(=O)O. The Kier molecular flexibility index (Phi) is 6.63. The van der Waals surface area contributed by atoms with Gasteiger partial charge in [-0.3, -0.25) is 4.99 Å². The largest absolute Gasteiger partial charge is 0.475 e. The fraction of sp³-hybridized carbons (Fsp3) is 0.500. The zero-order valence-corrected chi connectivity index (χ0v) is 8.78. The summed E-state index contributed by atoms with van der Waals surface area (Å²) in [6.45, 7) is 0.765. The van der Waals surface area contributed by atoms with E-state index in [4.69, 9.17) is 5.11 Å². The first kappa shape index (κ1) is 11.3. The van der Waals surface area contributed by atoms with Crippen molar-refractivity contribution in [3.05, 3.63) is 0 Å². The highest BCUT2D eigenvalue weighted by molar-refractivity contribution is 14.1. The number of rotatable bonds is 3. The number of carboxylic acids is 1. The van der Waals surface area contributed by atoms with Crippen molar-refractivity contribution >= 4 is 40.7 Å². The van der Waals surface area contributed by atoms with Crippen LogP contribution in [-0.2, 0) is 4.79 Å². The summed E-state index contributed by atoms with van der Waals surface area (Å²) >= 11 is 2.20. The van der Waals surface area contributed by atoms with Crippen molar-refractivity contribution < 1.29 is 9.90 Å². The summed E-state index contributed by atoms with van der Waals surface area (Å²) in [5.74, 6) is -1.32. The van der Waals surface area contributed by atoms with Gasteiger partial charge in [0.05, 0.1) is 6.34 Å². The lowest BCUT2D eigenvalue weighted by atomic mass is 10.6. The van der Waals surface area contributed by atoms with Gasteiger partial charge in [0.2, 0.25) is 5.84 Å². The molecule has 0 aliphatic carbocycles. The van der Waals surface area contributed by atoms with Crippen LogP contribution in [0.15, 0.2) is 9.98 Å². The number of nitrogens with one attached hydrogen (secondary N) is 1. The standard InChI is InChI=1S/C6H10IN3O2/c1-8-5(6(11)12)10-4-9-3-2-7/h4H,2-3H2,1H3,(H,11,12)(H,8,9,10). The van der Waals surface area contributed by atoms with Gasteiger partial charge >= 0.3 is 5.97 Å². The third-order valence-electron chi connectivity index (χ3n) is 0.920. The fourth-order valence-electron chi connectivity index (χ4n) is 0.434. The van der Waals surface area contributed by atoms with Gasteiger partial charge in [0.1, 0.15) is 0 Å². The van der Waals surface area contributed by atoms with Crippen LogP contribution in [-0.4, -0.2) is 41.3 Å². The van der Waals surface area contributed by atoms with E-state index in [-0.39, 0.29) is 5.84 Å². The number of hydrogen-bond acceptors (Lipinski definition) is 2. The minimum Gasteiger partial charge on any atom is -0.475 e. The lowest BCUT2D eigenvalue weighted by molar-refractivity contribution is -0.129. The average Bonchev–Trinajstić information content (AvgIpc) is 2.04. The van der Waals surface area contributed by atoms with Gasteiger partial charge in [-0.2, -0.15) is 0 Å². The Morgan fingerprint density at radius 3 is 2.83 bits per heavy atom. The monoisotopic (exact) mass is 283 g/mol. The molecule has 0 rings (SSSR count). The zero-order valence-electron chi connectivity index (χ0n) is 6.62. The van der Waals surface area contributed by atoms with Crippen LogP contribution in [0.4, 0.5) is 0 Å². The normalized spacial score (nSPS) is 12.0. The molecule has 0 aromatic heterocycles. The summed E-state index contributed by atoms with van der Waals surface area (Å²) in [7, 11) is 1.39. The molecule has 0 aliphatic heterocycles. The van der Waals surface area contributed by atoms with Gasteiger partial charge in [-0.25, -0.2) is 9.79 Å². The first-order chi connectivity index (χ1) is 5.72. The Morgan fingerprint density at radius 2 is 2.42 bits per heavy atom. The summed E-state index contributed by atoms with van der Waals surface area (Å²) in [4.78, 5) is 17.4. The molecule has 0 heterocycles. The average molecular weight is 283 g/mol. The van der Waals surface area contributed by atoms with Crippen molar-refractivity contribution in [1.82, 2.24) is 5.32 Å². The summed E-state index contributed by atoms with van der Waals surface area (Å²) in [5, 5.41) is 11.3. The molecule has 0 saturated carbocycles. The Morgan fingerprint density at radius 1 is 1.75 bits per heavy atom. The molecule has 0 amide bonds. The number of halogens is 1. The number of carbonyl (C=O) groups is 1. The minimum atomic E-state index is -1.12. The number of alkyl halides is 1. The van der Waals surface area contributed by atoms with Crippen molar-refractivity contribution in [1.29, 1.82) is 0 Å². The lowest BCUT2D eigenvalue weighted by Gasteiger charge is -1.93. The predicted octanol–water partition coefficient (Wildman–Crippen LogP) is 0.152. The molecular weight excluding hydrogens is 273 g/mol. The van der Waals surface area contributed by atoms with Crippen molar-refractivity contribution in [2.75, 3.05) is 18.0 Å². The van der Waals surface area contributed by atoms with Crippen LogP contribution in [0.1, 0.15) is 0 Å². The maximum atomic E-state index is 10.3. The second-order valence-electron chi connectivity index (χ2n) is 1.75. The van der Waals surface area contributed by atoms with Crippen molar-refractivity contribution in [2.24, 2.45) is 9.98 Å². The third kappa shape index (κ3) is 5.05. The molecular formula is C6H10IN3O2. The molecule has 0 atom stereocenters. The number of aliphatic carboxylic acids is 1. The van der Waals surface area contributed by atoms with Crippen LogP contribution in [0, 0.1) is 0 Å². The van der Waals surface area contributed by atoms with Crippen LogP contribution >= 0.6 is 22.6 Å². The van der Waals surface area contributed by atoms with E-state index in [1.165, 1.54) is 13.4 Å². The van der Waals surface area contributed by atoms with Gasteiger partial charge in [-0.05, 0) is 0 Å². The number of carboxylic acid groups (broad SMARTS) is 1. The maximum absolute atomic E-state index is 10.3. The van der Waals surface area contributed by atoms with E-state index in [2.05, 4.69) is 37.9 Å². The Labute approximate surface area is 84.1 Å². The molecule has 0 aromatic rings. The van der Waals surface area contributed by atoms with Crippen LogP contribution in [0.5, 0.6) is 0 Å². The molecule has 0 fully saturated rings. The predicted molar refractivity (Wildman–Crippen MR) is 56.4 cm³/mol. The van der Waals surface area contributed by atoms with Crippen LogP contribution < -0.4 is 5.32 Å². The van der Waals surface area contributed by atoms with E-state index in [9.17, 15) is 4.79 Å². The van der Waals surface area contributed by atoms with Gasteiger partial charge in [-0.1, -0.05) is 22.6 Å². The maximum Gasteiger partial charge on any atom is 0.373 e. The van der Waals surface area contributed by atoms with Crippen molar-refractivity contribution in [2.45, 2.75) is 0 Å². The van der Waals surface area contributed by atoms with E-state index in [0.717, 1.165) is 11.0 Å². The Hall–Kier alpha value is -0.660. The summed E-state index contributed by atoms with van der Waals surface area (Å²) in [6, 6.07) is 0. The van der Waals surface area contributed by atoms with E-state index < -0.39 is 5.97 Å². The van der Waals surface area contributed by atoms with Gasteiger partial charge in [0.15, 0.2) is 0 Å². The molecule has 6 heteroatoms. The molecule has 12 heavy (non-hydrogen) atoms. The first-order valence-electron chi connectivity index (χ1n) is 3.24. The van der Waals surface area contributed by atoms with Gasteiger partial charge in [-0.15, -0.1) is 0 Å². The molecule has 0 saturated heterocycles. The second-order valence-corrected chi connectivity index (χ2v) is 2.83. The van der Waals surface area contributed by atoms with E-state index in [1.54, 1.807) is 0 Å². The summed E-state index contributed by atoms with van der Waals surface area (Å²) in [6.07, 6.45) is 1.34. The molecule has 0 radical (unpaired) electrons. The number of amidine groups is 1. The molecule has 0 aliphatic rings. The van der Waals surface area contributed by atoms with Crippen LogP contribution in [0.2, 0.25) is 0 Å². The van der Waals surface area contributed by atoms with Crippen LogP contribution in [0.3, 0.4) is 0 Å². The molecule has 5 nitrogen and oxygen atoms in total. The second kappa shape index (κ2) is 7.01. The highest BCUT2D eigenvalue weighted by Crippen LogP contribution is 1.78. The van der Waals surface area contributed by atoms with Gasteiger partial charge < -0.3 is 10.4 Å². The van der Waals surface area contributed by atoms with Crippen molar-refractivity contribution in [3.63, 3.8) is 0 Å². The number of aliphatic imine (C=N–C) groups is 2. The van der Waals surface area contributed by atoms with E-state index >= 15 is 0 Å². The number of hydrogen-bond donors (Lipinski definition) is 2. The third-order valence-corrected chi connectivity index (χ3v) is 1.46. The van der Waals surface area contributed by atoms with Crippen molar-refractivity contribution in [3.8, 4) is 0 Å². The van der Waals surface area contributed by atoms with Gasteiger partial charge in [0.25, 0.3) is 0 Å². The molecule has 2 N–H and O–H groups in total. The highest BCUT2D eigenvalue weighted by Gasteiger charge is 2.03. The molecule has 0 spiro atoms.